The third-order valence-electron chi connectivity index (χ3n) is 7.93. The first-order valence-electron chi connectivity index (χ1n) is 14.8. The van der Waals surface area contributed by atoms with Crippen LogP contribution in [-0.2, 0) is 33.7 Å². The van der Waals surface area contributed by atoms with Crippen LogP contribution in [0.15, 0.2) is 83.3 Å². The predicted octanol–water partition coefficient (Wildman–Crippen LogP) is 4.93. The van der Waals surface area contributed by atoms with Crippen LogP contribution >= 0.6 is 15.9 Å². The number of ether oxygens (including phenoxy) is 1. The van der Waals surface area contributed by atoms with Gasteiger partial charge in [-0.3, -0.25) is 20.2 Å². The lowest BCUT2D eigenvalue weighted by atomic mass is 9.86. The van der Waals surface area contributed by atoms with Gasteiger partial charge in [-0.1, -0.05) is 103 Å². The van der Waals surface area contributed by atoms with Crippen molar-refractivity contribution >= 4 is 33.8 Å². The van der Waals surface area contributed by atoms with Crippen LogP contribution in [-0.4, -0.2) is 63.6 Å². The molecule has 1 aliphatic rings. The number of hydrogen-bond acceptors (Lipinski definition) is 7. The van der Waals surface area contributed by atoms with Crippen molar-refractivity contribution in [2.24, 2.45) is 5.41 Å². The molecular weight excluding hydrogens is 640 g/mol. The van der Waals surface area contributed by atoms with Gasteiger partial charge in [-0.15, -0.1) is 0 Å². The summed E-state index contributed by atoms with van der Waals surface area (Å²) in [7, 11) is 1.21. The fourth-order valence-electron chi connectivity index (χ4n) is 5.61. The minimum absolute atomic E-state index is 0.107. The van der Waals surface area contributed by atoms with Gasteiger partial charge in [-0.25, -0.2) is 14.9 Å². The third kappa shape index (κ3) is 8.70. The summed E-state index contributed by atoms with van der Waals surface area (Å²) < 4.78 is 5.61. The van der Waals surface area contributed by atoms with Crippen molar-refractivity contribution < 1.29 is 29.4 Å². The largest absolute Gasteiger partial charge is 0.453 e. The summed E-state index contributed by atoms with van der Waals surface area (Å²) in [6.45, 7) is 5.12. The molecule has 11 heteroatoms. The van der Waals surface area contributed by atoms with Crippen LogP contribution in [0.5, 0.6) is 0 Å². The summed E-state index contributed by atoms with van der Waals surface area (Å²) in [6, 6.07) is 22.4. The van der Waals surface area contributed by atoms with Gasteiger partial charge in [0.2, 0.25) is 0 Å². The molecule has 0 spiro atoms. The topological polar surface area (TPSA) is 131 Å². The van der Waals surface area contributed by atoms with E-state index in [0.717, 1.165) is 21.2 Å². The van der Waals surface area contributed by atoms with Crippen LogP contribution in [0.25, 0.3) is 0 Å². The highest BCUT2D eigenvalue weighted by molar-refractivity contribution is 9.10. The Labute approximate surface area is 272 Å². The monoisotopic (exact) mass is 680 g/mol. The number of nitrogens with zero attached hydrogens (tertiary/aromatic N) is 2. The average molecular weight is 682 g/mol. The van der Waals surface area contributed by atoms with Crippen LogP contribution in [0.2, 0.25) is 0 Å². The van der Waals surface area contributed by atoms with E-state index in [2.05, 4.69) is 26.7 Å². The first-order valence-corrected chi connectivity index (χ1v) is 15.6. The van der Waals surface area contributed by atoms with E-state index in [1.165, 1.54) is 12.1 Å². The lowest BCUT2D eigenvalue weighted by Gasteiger charge is -2.38. The van der Waals surface area contributed by atoms with E-state index in [1.807, 2.05) is 54.6 Å². The van der Waals surface area contributed by atoms with Crippen molar-refractivity contribution in [3.8, 4) is 0 Å². The molecule has 0 radical (unpaired) electrons. The Morgan fingerprint density at radius 3 is 2.27 bits per heavy atom. The number of hydrazine groups is 1. The zero-order valence-electron chi connectivity index (χ0n) is 26.0. The lowest BCUT2D eigenvalue weighted by Crippen LogP contribution is -2.62. The van der Waals surface area contributed by atoms with E-state index in [0.29, 0.717) is 23.5 Å². The van der Waals surface area contributed by atoms with Gasteiger partial charge < -0.3 is 15.2 Å². The van der Waals surface area contributed by atoms with E-state index in [9.17, 15) is 24.7 Å². The fourth-order valence-corrected chi connectivity index (χ4v) is 5.87. The minimum atomic E-state index is -2.16. The zero-order chi connectivity index (χ0) is 32.8. The lowest BCUT2D eigenvalue weighted by molar-refractivity contribution is -0.199. The summed E-state index contributed by atoms with van der Waals surface area (Å²) >= 11 is 3.43. The first kappa shape index (κ1) is 34.1. The molecule has 0 aliphatic heterocycles. The number of benzene rings is 3. The second-order valence-electron chi connectivity index (χ2n) is 12.5. The van der Waals surface area contributed by atoms with E-state index in [1.54, 1.807) is 45.0 Å². The van der Waals surface area contributed by atoms with Gasteiger partial charge >= 0.3 is 6.09 Å². The molecule has 1 unspecified atom stereocenters. The van der Waals surface area contributed by atoms with Crippen molar-refractivity contribution in [1.82, 2.24) is 20.8 Å². The van der Waals surface area contributed by atoms with E-state index in [-0.39, 0.29) is 19.5 Å². The highest BCUT2D eigenvalue weighted by Gasteiger charge is 2.45. The van der Waals surface area contributed by atoms with Gasteiger partial charge in [0, 0.05) is 17.4 Å². The number of carbonyl (C=O) groups is 3. The first-order chi connectivity index (χ1) is 21.3. The van der Waals surface area contributed by atoms with Crippen LogP contribution in [0.3, 0.4) is 0 Å². The highest BCUT2D eigenvalue weighted by atomic mass is 79.9. The number of carbonyl (C=O) groups excluding carboxylic acids is 3. The maximum absolute atomic E-state index is 14.2. The number of halogens is 1. The fraction of sp³-hybridized carbons (Fsp3) is 0.382. The number of amides is 3. The molecule has 1 aliphatic carbocycles. The molecule has 0 aromatic heterocycles. The SMILES string of the molecule is COC(=O)N[C@H](C(=O)NN(Cc1ccc(Br)cc1)C[C@@](O)(Cc1ccccc1)C(=O)N(O)C1CCc2ccccc21)C(C)(C)C. The Balaban J connectivity index is 1.69. The Morgan fingerprint density at radius 2 is 1.62 bits per heavy atom. The second kappa shape index (κ2) is 14.6. The second-order valence-corrected chi connectivity index (χ2v) is 13.4. The summed E-state index contributed by atoms with van der Waals surface area (Å²) in [5.41, 5.74) is 3.28. The molecule has 0 saturated carbocycles. The summed E-state index contributed by atoms with van der Waals surface area (Å²) in [6.07, 6.45) is 0.297. The van der Waals surface area contributed by atoms with Gasteiger partial charge in [-0.05, 0) is 52.6 Å². The maximum Gasteiger partial charge on any atom is 0.407 e. The molecule has 3 amide bonds. The van der Waals surface area contributed by atoms with Crippen molar-refractivity contribution in [2.45, 2.75) is 64.3 Å². The van der Waals surface area contributed by atoms with Crippen LogP contribution in [0.1, 0.15) is 55.5 Å². The van der Waals surface area contributed by atoms with Gasteiger partial charge in [0.25, 0.3) is 11.8 Å². The number of hydroxylamine groups is 2. The molecule has 10 nitrogen and oxygen atoms in total. The molecule has 0 heterocycles. The number of fused-ring (bicyclic) bond motifs is 1. The molecule has 0 bridgehead atoms. The summed E-state index contributed by atoms with van der Waals surface area (Å²) in [5.74, 6) is -1.45. The van der Waals surface area contributed by atoms with Crippen LogP contribution in [0.4, 0.5) is 4.79 Å². The Hall–Kier alpha value is -3.77. The van der Waals surface area contributed by atoms with Crippen molar-refractivity contribution in [3.05, 3.63) is 106 Å². The smallest absolute Gasteiger partial charge is 0.407 e. The van der Waals surface area contributed by atoms with E-state index >= 15 is 0 Å². The van der Waals surface area contributed by atoms with Crippen molar-refractivity contribution in [1.29, 1.82) is 0 Å². The normalized spacial score (nSPS) is 16.3. The van der Waals surface area contributed by atoms with E-state index < -0.39 is 41.0 Å². The predicted molar refractivity (Wildman–Crippen MR) is 173 cm³/mol. The van der Waals surface area contributed by atoms with Crippen LogP contribution in [0, 0.1) is 5.41 Å². The minimum Gasteiger partial charge on any atom is -0.453 e. The molecule has 3 atom stereocenters. The Kier molecular flexibility index (Phi) is 11.0. The molecule has 4 N–H and O–H groups in total. The van der Waals surface area contributed by atoms with Gasteiger partial charge in [0.05, 0.1) is 19.7 Å². The molecular formula is C34H41BrN4O6. The standard InChI is InChI=1S/C34H41BrN4O6/c1-33(2,3)29(36-32(42)45-4)30(40)37-38(21-24-14-17-26(35)18-15-24)22-34(43,20-23-10-6-5-7-11-23)31(41)39(44)28-19-16-25-12-8-9-13-27(25)28/h5-15,17-18,28-29,43-44H,16,19-22H2,1-4H3,(H,36,42)(H,37,40)/t28?,29-,34+/m1/s1. The molecule has 4 rings (SSSR count). The Bertz CT molecular complexity index is 1480. The third-order valence-corrected chi connectivity index (χ3v) is 8.45. The highest BCUT2D eigenvalue weighted by Crippen LogP contribution is 2.36. The number of aryl methyl sites for hydroxylation is 1. The Morgan fingerprint density at radius 1 is 0.978 bits per heavy atom. The number of alkyl carbamates (subject to hydrolysis) is 1. The van der Waals surface area contributed by atoms with Crippen LogP contribution < -0.4 is 10.7 Å². The van der Waals surface area contributed by atoms with Gasteiger partial charge in [0.15, 0.2) is 5.60 Å². The molecule has 45 heavy (non-hydrogen) atoms. The quantitative estimate of drug-likeness (QED) is 0.167. The molecule has 3 aromatic carbocycles. The molecule has 0 fully saturated rings. The zero-order valence-corrected chi connectivity index (χ0v) is 27.6. The van der Waals surface area contributed by atoms with Crippen molar-refractivity contribution in [2.75, 3.05) is 13.7 Å². The number of nitrogens with one attached hydrogen (secondary N) is 2. The number of rotatable bonds is 11. The van der Waals surface area contributed by atoms with Gasteiger partial charge in [0.1, 0.15) is 6.04 Å². The average Bonchev–Trinajstić information content (AvgIpc) is 3.44. The summed E-state index contributed by atoms with van der Waals surface area (Å²) in [5, 5.41) is 28.3. The molecule has 3 aromatic rings. The van der Waals surface area contributed by atoms with E-state index in [4.69, 9.17) is 4.74 Å². The maximum atomic E-state index is 14.2. The number of methoxy groups -OCH3 is 1. The molecule has 0 saturated heterocycles. The van der Waals surface area contributed by atoms with Gasteiger partial charge in [-0.2, -0.15) is 0 Å². The number of aliphatic hydroxyl groups is 1. The number of hydrogen-bond donors (Lipinski definition) is 4. The summed E-state index contributed by atoms with van der Waals surface area (Å²) in [4.78, 5) is 40.0. The molecule has 240 valence electrons. The van der Waals surface area contributed by atoms with Crippen molar-refractivity contribution in [3.63, 3.8) is 0 Å².